The van der Waals surface area contributed by atoms with Crippen molar-refractivity contribution >= 4 is 22.8 Å². The van der Waals surface area contributed by atoms with E-state index in [1.807, 2.05) is 23.8 Å². The molecule has 3 heterocycles. The Morgan fingerprint density at radius 3 is 2.41 bits per heavy atom. The summed E-state index contributed by atoms with van der Waals surface area (Å²) in [5.41, 5.74) is -3.42. The molecule has 0 aliphatic rings. The molecule has 0 aliphatic heterocycles. The first-order chi connectivity index (χ1) is 12.7. The number of nitrogens with one attached hydrogen (secondary N) is 3. The molecule has 0 fully saturated rings. The minimum atomic E-state index is -0.947. The van der Waals surface area contributed by atoms with Crippen LogP contribution in [0.2, 0.25) is 0 Å². The molecule has 0 aliphatic carbocycles. The number of aryl methyl sites for hydroxylation is 1. The molecular weight excluding hydrogens is 360 g/mol. The van der Waals surface area contributed by atoms with Gasteiger partial charge in [-0.2, -0.15) is 4.98 Å². The van der Waals surface area contributed by atoms with Gasteiger partial charge in [-0.1, -0.05) is 13.8 Å². The first-order valence-electron chi connectivity index (χ1n) is 7.86. The molecule has 0 spiro atoms. The summed E-state index contributed by atoms with van der Waals surface area (Å²) in [5, 5.41) is 17.1. The molecule has 4 N–H and O–H groups in total. The zero-order valence-corrected chi connectivity index (χ0v) is 14.6. The maximum atomic E-state index is 12.3. The highest BCUT2D eigenvalue weighted by Crippen LogP contribution is 2.23. The molecule has 13 nitrogen and oxygen atoms in total. The number of nitrogens with zero attached hydrogens (tertiary/aromatic N) is 5. The molecule has 0 aromatic carbocycles. The summed E-state index contributed by atoms with van der Waals surface area (Å²) in [5.74, 6) is -0.711. The van der Waals surface area contributed by atoms with Gasteiger partial charge in [-0.3, -0.25) is 29.1 Å². The fourth-order valence-corrected chi connectivity index (χ4v) is 2.49. The van der Waals surface area contributed by atoms with Crippen LogP contribution >= 0.6 is 0 Å². The second kappa shape index (κ2) is 6.51. The second-order valence-corrected chi connectivity index (χ2v) is 6.21. The number of azo groups is 1. The van der Waals surface area contributed by atoms with Crippen molar-refractivity contribution in [1.82, 2.24) is 29.1 Å². The Balaban J connectivity index is 2.26. The molecule has 13 heteroatoms. The number of H-pyrrole nitrogens is 3. The Morgan fingerprint density at radius 2 is 1.78 bits per heavy atom. The van der Waals surface area contributed by atoms with Crippen LogP contribution in [0, 0.1) is 5.92 Å². The lowest BCUT2D eigenvalue weighted by molar-refractivity contribution is 0.450. The highest BCUT2D eigenvalue weighted by atomic mass is 16.3. The molecule has 27 heavy (non-hydrogen) atoms. The fourth-order valence-electron chi connectivity index (χ4n) is 2.49. The standard InChI is InChI=1S/C14H16N8O5/c1-5(2)4-22-7-8(21(3)14(27)18-11(7)25)15-12(22)20-19-6-9(23)16-13(26)17-10(6)24/h5H,4H2,1-3H3,(H,18,25,27)(H3,16,17,23,24,26). The van der Waals surface area contributed by atoms with E-state index in [-0.39, 0.29) is 23.0 Å². The summed E-state index contributed by atoms with van der Waals surface area (Å²) in [6.45, 7) is 4.14. The van der Waals surface area contributed by atoms with Crippen molar-refractivity contribution < 1.29 is 5.11 Å². The zero-order chi connectivity index (χ0) is 19.9. The third-order valence-corrected chi connectivity index (χ3v) is 3.67. The number of aromatic amines is 3. The molecule has 0 saturated carbocycles. The predicted molar refractivity (Wildman–Crippen MR) is 94.0 cm³/mol. The van der Waals surface area contributed by atoms with E-state index < -0.39 is 34.1 Å². The Kier molecular flexibility index (Phi) is 4.35. The van der Waals surface area contributed by atoms with Crippen LogP contribution in [0.3, 0.4) is 0 Å². The summed E-state index contributed by atoms with van der Waals surface area (Å²) in [7, 11) is 1.44. The number of aromatic hydroxyl groups is 1. The molecule has 3 rings (SSSR count). The maximum absolute atomic E-state index is 12.3. The first-order valence-corrected chi connectivity index (χ1v) is 7.86. The highest BCUT2D eigenvalue weighted by molar-refractivity contribution is 5.73. The van der Waals surface area contributed by atoms with Crippen molar-refractivity contribution in [3.8, 4) is 5.88 Å². The van der Waals surface area contributed by atoms with Crippen molar-refractivity contribution in [2.24, 2.45) is 23.2 Å². The van der Waals surface area contributed by atoms with Crippen molar-refractivity contribution in [1.29, 1.82) is 0 Å². The zero-order valence-electron chi connectivity index (χ0n) is 14.6. The van der Waals surface area contributed by atoms with E-state index in [4.69, 9.17) is 0 Å². The number of hydrogen-bond acceptors (Lipinski definition) is 8. The van der Waals surface area contributed by atoms with Crippen LogP contribution in [0.4, 0.5) is 11.6 Å². The largest absolute Gasteiger partial charge is 0.493 e. The average molecular weight is 376 g/mol. The lowest BCUT2D eigenvalue weighted by Crippen LogP contribution is -2.29. The van der Waals surface area contributed by atoms with E-state index in [0.717, 1.165) is 4.57 Å². The van der Waals surface area contributed by atoms with Crippen LogP contribution < -0.4 is 22.5 Å². The molecule has 3 aromatic heterocycles. The Morgan fingerprint density at radius 1 is 1.07 bits per heavy atom. The average Bonchev–Trinajstić information content (AvgIpc) is 2.90. The highest BCUT2D eigenvalue weighted by Gasteiger charge is 2.18. The molecule has 142 valence electrons. The third kappa shape index (κ3) is 3.21. The van der Waals surface area contributed by atoms with E-state index in [1.165, 1.54) is 11.6 Å². The summed E-state index contributed by atoms with van der Waals surface area (Å²) >= 11 is 0. The van der Waals surface area contributed by atoms with Crippen LogP contribution in [0.25, 0.3) is 11.2 Å². The topological polar surface area (TPSA) is 183 Å². The monoisotopic (exact) mass is 376 g/mol. The van der Waals surface area contributed by atoms with Gasteiger partial charge in [0.1, 0.15) is 0 Å². The summed E-state index contributed by atoms with van der Waals surface area (Å²) < 4.78 is 2.61. The Bertz CT molecular complexity index is 1290. The Hall–Kier alpha value is -3.77. The molecule has 0 unspecified atom stereocenters. The van der Waals surface area contributed by atoms with Gasteiger partial charge in [0.2, 0.25) is 11.6 Å². The van der Waals surface area contributed by atoms with Gasteiger partial charge < -0.3 is 9.67 Å². The molecule has 0 atom stereocenters. The number of imidazole rings is 1. The Labute approximate surface area is 149 Å². The minimum absolute atomic E-state index is 0.0459. The van der Waals surface area contributed by atoms with E-state index in [2.05, 4.69) is 20.2 Å². The van der Waals surface area contributed by atoms with Gasteiger partial charge in [-0.15, -0.1) is 10.2 Å². The van der Waals surface area contributed by atoms with Crippen LogP contribution in [-0.4, -0.2) is 34.2 Å². The van der Waals surface area contributed by atoms with Gasteiger partial charge in [0.15, 0.2) is 11.2 Å². The summed E-state index contributed by atoms with van der Waals surface area (Å²) in [6.07, 6.45) is 0. The normalized spacial score (nSPS) is 11.9. The van der Waals surface area contributed by atoms with Gasteiger partial charge in [0.05, 0.1) is 0 Å². The maximum Gasteiger partial charge on any atom is 0.329 e. The summed E-state index contributed by atoms with van der Waals surface area (Å²) in [4.78, 5) is 57.1. The van der Waals surface area contributed by atoms with Gasteiger partial charge in [0.25, 0.3) is 17.1 Å². The van der Waals surface area contributed by atoms with Crippen molar-refractivity contribution in [2.45, 2.75) is 20.4 Å². The molecular formula is C14H16N8O5. The van der Waals surface area contributed by atoms with Gasteiger partial charge in [0, 0.05) is 13.6 Å². The SMILES string of the molecule is CC(C)Cn1c(N=Nc2c(O)[nH]c(=O)[nH]c2=O)nc2c1c(=O)[nH]c(=O)n2C. The molecule has 3 aromatic rings. The van der Waals surface area contributed by atoms with Crippen LogP contribution in [0.15, 0.2) is 29.4 Å². The number of aromatic nitrogens is 6. The van der Waals surface area contributed by atoms with Crippen LogP contribution in [0.5, 0.6) is 5.88 Å². The van der Waals surface area contributed by atoms with E-state index in [9.17, 15) is 24.3 Å². The molecule has 0 bridgehead atoms. The fraction of sp³-hybridized carbons (Fsp3) is 0.357. The van der Waals surface area contributed by atoms with E-state index in [0.29, 0.717) is 6.54 Å². The molecule has 0 amide bonds. The predicted octanol–water partition coefficient (Wildman–Crippen LogP) is -0.423. The van der Waals surface area contributed by atoms with Gasteiger partial charge in [-0.05, 0) is 5.92 Å². The molecule has 0 saturated heterocycles. The molecule has 0 radical (unpaired) electrons. The number of rotatable bonds is 4. The quantitative estimate of drug-likeness (QED) is 0.448. The minimum Gasteiger partial charge on any atom is -0.493 e. The van der Waals surface area contributed by atoms with Crippen molar-refractivity contribution in [2.75, 3.05) is 0 Å². The number of hydrogen-bond donors (Lipinski definition) is 4. The smallest absolute Gasteiger partial charge is 0.329 e. The van der Waals surface area contributed by atoms with Crippen LogP contribution in [-0.2, 0) is 13.6 Å². The first kappa shape index (κ1) is 18.0. The number of fused-ring (bicyclic) bond motifs is 1. The van der Waals surface area contributed by atoms with Crippen molar-refractivity contribution in [3.05, 3.63) is 41.7 Å². The lowest BCUT2D eigenvalue weighted by Gasteiger charge is -2.08. The third-order valence-electron chi connectivity index (χ3n) is 3.67. The second-order valence-electron chi connectivity index (χ2n) is 6.21. The van der Waals surface area contributed by atoms with Crippen LogP contribution in [0.1, 0.15) is 13.8 Å². The summed E-state index contributed by atoms with van der Waals surface area (Å²) in [6, 6.07) is 0. The lowest BCUT2D eigenvalue weighted by atomic mass is 10.2. The van der Waals surface area contributed by atoms with E-state index >= 15 is 0 Å². The van der Waals surface area contributed by atoms with Gasteiger partial charge in [-0.25, -0.2) is 9.59 Å². The van der Waals surface area contributed by atoms with Gasteiger partial charge >= 0.3 is 11.4 Å². The van der Waals surface area contributed by atoms with E-state index in [1.54, 1.807) is 0 Å². The van der Waals surface area contributed by atoms with Crippen molar-refractivity contribution in [3.63, 3.8) is 0 Å².